The molecule has 1 amide bonds. The molecule has 0 saturated carbocycles. The molecule has 0 bridgehead atoms. The predicted molar refractivity (Wildman–Crippen MR) is 111 cm³/mol. The number of hydrogen-bond donors (Lipinski definition) is 1. The van der Waals surface area contributed by atoms with Crippen LogP contribution in [0.3, 0.4) is 0 Å². The lowest BCUT2D eigenvalue weighted by molar-refractivity contribution is 0.103. The fraction of sp³-hybridized carbons (Fsp3) is 0.0455. The normalized spacial score (nSPS) is 10.9. The van der Waals surface area contributed by atoms with E-state index >= 15 is 0 Å². The van der Waals surface area contributed by atoms with Gasteiger partial charge in [0.05, 0.1) is 10.7 Å². The number of carbonyl (C=O) groups excluding carboxylic acids is 1. The molecule has 4 aromatic rings. The maximum absolute atomic E-state index is 13.0. The molecule has 0 saturated heterocycles. The van der Waals surface area contributed by atoms with Crippen molar-refractivity contribution in [1.29, 1.82) is 0 Å². The highest BCUT2D eigenvalue weighted by atomic mass is 35.5. The van der Waals surface area contributed by atoms with E-state index in [4.69, 9.17) is 21.1 Å². The van der Waals surface area contributed by atoms with Crippen LogP contribution in [0.4, 0.5) is 15.1 Å². The Hall–Kier alpha value is -3.71. The minimum Gasteiger partial charge on any atom is -0.465 e. The van der Waals surface area contributed by atoms with Crippen molar-refractivity contribution in [3.05, 3.63) is 82.8 Å². The Bertz CT molecular complexity index is 1270. The maximum atomic E-state index is 13.0. The third kappa shape index (κ3) is 3.62. The molecule has 0 fully saturated rings. The zero-order chi connectivity index (χ0) is 21.4. The van der Waals surface area contributed by atoms with Crippen molar-refractivity contribution >= 4 is 40.3 Å². The summed E-state index contributed by atoms with van der Waals surface area (Å²) in [5.41, 5.74) is 2.35. The standard InChI is InChI=1S/C22H14ClFN2O4/c1-26(22(28)29)19-10-15-8-14(9-17(23)21(15)30-19)18-7-4-13(11-25-18)20(27)12-2-5-16(24)6-3-12/h2-11H,1H3,(H,28,29). The summed E-state index contributed by atoms with van der Waals surface area (Å²) in [6, 6.07) is 13.6. The Morgan fingerprint density at radius 1 is 1.07 bits per heavy atom. The van der Waals surface area contributed by atoms with Gasteiger partial charge in [-0.15, -0.1) is 0 Å². The van der Waals surface area contributed by atoms with Crippen LogP contribution in [0.1, 0.15) is 15.9 Å². The van der Waals surface area contributed by atoms with E-state index in [1.54, 1.807) is 30.3 Å². The molecule has 2 aromatic heterocycles. The van der Waals surface area contributed by atoms with Crippen LogP contribution in [-0.4, -0.2) is 29.0 Å². The van der Waals surface area contributed by atoms with E-state index in [-0.39, 0.29) is 11.7 Å². The molecule has 150 valence electrons. The maximum Gasteiger partial charge on any atom is 0.413 e. The second kappa shape index (κ2) is 7.61. The molecule has 30 heavy (non-hydrogen) atoms. The van der Waals surface area contributed by atoms with Crippen molar-refractivity contribution < 1.29 is 23.5 Å². The van der Waals surface area contributed by atoms with E-state index < -0.39 is 11.9 Å². The summed E-state index contributed by atoms with van der Waals surface area (Å²) in [5.74, 6) is -0.535. The number of aromatic nitrogens is 1. The van der Waals surface area contributed by atoms with E-state index in [1.807, 2.05) is 0 Å². The second-order valence-corrected chi connectivity index (χ2v) is 6.98. The molecule has 2 heterocycles. The van der Waals surface area contributed by atoms with Crippen LogP contribution in [0.2, 0.25) is 5.02 Å². The van der Waals surface area contributed by atoms with Gasteiger partial charge >= 0.3 is 6.09 Å². The van der Waals surface area contributed by atoms with Gasteiger partial charge in [-0.2, -0.15) is 0 Å². The Labute approximate surface area is 175 Å². The molecule has 8 heteroatoms. The van der Waals surface area contributed by atoms with Crippen LogP contribution in [0.5, 0.6) is 0 Å². The van der Waals surface area contributed by atoms with Gasteiger partial charge < -0.3 is 9.52 Å². The number of amides is 1. The average Bonchev–Trinajstić information content (AvgIpc) is 3.18. The first-order chi connectivity index (χ1) is 14.3. The zero-order valence-electron chi connectivity index (χ0n) is 15.6. The smallest absolute Gasteiger partial charge is 0.413 e. The lowest BCUT2D eigenvalue weighted by atomic mass is 10.0. The van der Waals surface area contributed by atoms with Gasteiger partial charge in [0.15, 0.2) is 11.4 Å². The minimum atomic E-state index is -1.16. The topological polar surface area (TPSA) is 83.6 Å². The molecule has 6 nitrogen and oxygen atoms in total. The molecular formula is C22H14ClFN2O4. The number of ketones is 1. The number of carboxylic acid groups (broad SMARTS) is 1. The fourth-order valence-corrected chi connectivity index (χ4v) is 3.24. The third-order valence-electron chi connectivity index (χ3n) is 4.60. The van der Waals surface area contributed by atoms with Crippen LogP contribution >= 0.6 is 11.6 Å². The number of anilines is 1. The Morgan fingerprint density at radius 2 is 1.77 bits per heavy atom. The van der Waals surface area contributed by atoms with Crippen molar-refractivity contribution in [2.24, 2.45) is 0 Å². The molecule has 1 N–H and O–H groups in total. The fourth-order valence-electron chi connectivity index (χ4n) is 2.97. The van der Waals surface area contributed by atoms with E-state index in [2.05, 4.69) is 4.98 Å². The monoisotopic (exact) mass is 424 g/mol. The van der Waals surface area contributed by atoms with Crippen molar-refractivity contribution in [2.45, 2.75) is 0 Å². The SMILES string of the molecule is CN(C(=O)O)c1cc2cc(-c3ccc(C(=O)c4ccc(F)cc4)cn3)cc(Cl)c2o1. The van der Waals surface area contributed by atoms with Crippen LogP contribution in [0.25, 0.3) is 22.2 Å². The van der Waals surface area contributed by atoms with Crippen LogP contribution in [0, 0.1) is 5.82 Å². The number of hydrogen-bond acceptors (Lipinski definition) is 4. The minimum absolute atomic E-state index is 0.143. The van der Waals surface area contributed by atoms with E-state index in [9.17, 15) is 14.0 Å². The summed E-state index contributed by atoms with van der Waals surface area (Å²) in [6.07, 6.45) is 0.284. The van der Waals surface area contributed by atoms with Gasteiger partial charge in [0.1, 0.15) is 5.82 Å². The molecule has 0 spiro atoms. The number of benzene rings is 2. The summed E-state index contributed by atoms with van der Waals surface area (Å²) in [6.45, 7) is 0. The molecule has 2 aromatic carbocycles. The van der Waals surface area contributed by atoms with Crippen molar-refractivity contribution in [1.82, 2.24) is 4.98 Å². The van der Waals surface area contributed by atoms with E-state index in [0.29, 0.717) is 38.4 Å². The largest absolute Gasteiger partial charge is 0.465 e. The number of pyridine rings is 1. The molecule has 0 aliphatic carbocycles. The van der Waals surface area contributed by atoms with Crippen LogP contribution in [-0.2, 0) is 0 Å². The molecule has 4 rings (SSSR count). The summed E-state index contributed by atoms with van der Waals surface area (Å²) >= 11 is 6.31. The first-order valence-corrected chi connectivity index (χ1v) is 9.18. The molecule has 0 aliphatic rings. The van der Waals surface area contributed by atoms with E-state index in [1.165, 1.54) is 37.5 Å². The van der Waals surface area contributed by atoms with Crippen molar-refractivity contribution in [3.63, 3.8) is 0 Å². The van der Waals surface area contributed by atoms with Gasteiger partial charge in [0.2, 0.25) is 5.88 Å². The summed E-state index contributed by atoms with van der Waals surface area (Å²) in [7, 11) is 1.37. The van der Waals surface area contributed by atoms with Crippen LogP contribution < -0.4 is 4.90 Å². The van der Waals surface area contributed by atoms with Crippen molar-refractivity contribution in [3.8, 4) is 11.3 Å². The lowest BCUT2D eigenvalue weighted by Gasteiger charge is -2.07. The zero-order valence-corrected chi connectivity index (χ0v) is 16.4. The molecule has 0 radical (unpaired) electrons. The highest BCUT2D eigenvalue weighted by molar-refractivity contribution is 6.35. The quantitative estimate of drug-likeness (QED) is 0.429. The number of nitrogens with zero attached hydrogens (tertiary/aromatic N) is 2. The predicted octanol–water partition coefficient (Wildman–Crippen LogP) is 5.63. The number of rotatable bonds is 4. The van der Waals surface area contributed by atoms with Gasteiger partial charge in [-0.05, 0) is 48.5 Å². The summed E-state index contributed by atoms with van der Waals surface area (Å²) < 4.78 is 18.6. The first-order valence-electron chi connectivity index (χ1n) is 8.80. The number of halogens is 2. The molecule has 0 atom stereocenters. The molecular weight excluding hydrogens is 411 g/mol. The second-order valence-electron chi connectivity index (χ2n) is 6.57. The van der Waals surface area contributed by atoms with Gasteiger partial charge in [-0.3, -0.25) is 14.7 Å². The third-order valence-corrected chi connectivity index (χ3v) is 4.88. The number of furan rings is 1. The first kappa shape index (κ1) is 19.6. The number of fused-ring (bicyclic) bond motifs is 1. The van der Waals surface area contributed by atoms with Gasteiger partial charge in [0, 0.05) is 41.4 Å². The molecule has 0 aliphatic heterocycles. The highest BCUT2D eigenvalue weighted by Gasteiger charge is 2.17. The Balaban J connectivity index is 1.66. The van der Waals surface area contributed by atoms with Gasteiger partial charge in [-0.1, -0.05) is 11.6 Å². The van der Waals surface area contributed by atoms with Crippen molar-refractivity contribution in [2.75, 3.05) is 11.9 Å². The van der Waals surface area contributed by atoms with Gasteiger partial charge in [-0.25, -0.2) is 9.18 Å². The summed E-state index contributed by atoms with van der Waals surface area (Å²) in [5, 5.41) is 10.0. The molecule has 0 unspecified atom stereocenters. The average molecular weight is 425 g/mol. The summed E-state index contributed by atoms with van der Waals surface area (Å²) in [4.78, 5) is 28.9. The lowest BCUT2D eigenvalue weighted by Crippen LogP contribution is -2.22. The van der Waals surface area contributed by atoms with Crippen LogP contribution in [0.15, 0.2) is 65.2 Å². The van der Waals surface area contributed by atoms with E-state index in [0.717, 1.165) is 4.90 Å². The Morgan fingerprint density at radius 3 is 2.40 bits per heavy atom. The highest BCUT2D eigenvalue weighted by Crippen LogP contribution is 2.35. The number of carbonyl (C=O) groups is 2. The van der Waals surface area contributed by atoms with Gasteiger partial charge in [0.25, 0.3) is 0 Å². The Kier molecular flexibility index (Phi) is 4.97.